The van der Waals surface area contributed by atoms with Crippen molar-refractivity contribution in [1.82, 2.24) is 5.32 Å². The Morgan fingerprint density at radius 1 is 0.912 bits per heavy atom. The molecule has 0 saturated carbocycles. The van der Waals surface area contributed by atoms with Crippen molar-refractivity contribution in [2.75, 3.05) is 41.7 Å². The van der Waals surface area contributed by atoms with Gasteiger partial charge in [-0.25, -0.2) is 4.79 Å². The Balaban J connectivity index is 1.36. The zero-order valence-corrected chi connectivity index (χ0v) is 19.5. The van der Waals surface area contributed by atoms with Gasteiger partial charge in [-0.05, 0) is 61.0 Å². The van der Waals surface area contributed by atoms with Gasteiger partial charge in [0.1, 0.15) is 6.61 Å². The van der Waals surface area contributed by atoms with E-state index in [4.69, 9.17) is 16.3 Å². The third-order valence-corrected chi connectivity index (χ3v) is 5.67. The molecule has 3 N–H and O–H groups in total. The van der Waals surface area contributed by atoms with Crippen LogP contribution in [-0.2, 0) is 11.3 Å². The van der Waals surface area contributed by atoms with Crippen LogP contribution in [-0.4, -0.2) is 38.2 Å². The number of carbonyl (C=O) groups is 2. The molecule has 1 aliphatic rings. The average Bonchev–Trinajstić information content (AvgIpc) is 3.13. The maximum atomic E-state index is 12.8. The van der Waals surface area contributed by atoms with Crippen LogP contribution in [0.25, 0.3) is 0 Å². The molecule has 0 aliphatic carbocycles. The molecule has 0 spiro atoms. The maximum Gasteiger partial charge on any atom is 0.411 e. The molecule has 1 saturated heterocycles. The zero-order chi connectivity index (χ0) is 23.8. The largest absolute Gasteiger partial charge is 0.444 e. The molecule has 2 amide bonds. The third-order valence-electron chi connectivity index (χ3n) is 5.45. The van der Waals surface area contributed by atoms with Crippen molar-refractivity contribution in [2.24, 2.45) is 0 Å². The predicted molar refractivity (Wildman–Crippen MR) is 136 cm³/mol. The smallest absolute Gasteiger partial charge is 0.411 e. The second-order valence-corrected chi connectivity index (χ2v) is 8.44. The molecule has 1 fully saturated rings. The Labute approximate surface area is 204 Å². The number of benzene rings is 3. The number of halogens is 1. The summed E-state index contributed by atoms with van der Waals surface area (Å²) in [6.45, 7) is 4.10. The van der Waals surface area contributed by atoms with Gasteiger partial charge in [0.25, 0.3) is 5.91 Å². The lowest BCUT2D eigenvalue weighted by molar-refractivity contribution is 0.102. The number of amides is 2. The lowest BCUT2D eigenvalue weighted by atomic mass is 10.1. The maximum absolute atomic E-state index is 12.8. The van der Waals surface area contributed by atoms with Gasteiger partial charge < -0.3 is 20.3 Å². The lowest BCUT2D eigenvalue weighted by Crippen LogP contribution is -2.27. The molecule has 34 heavy (non-hydrogen) atoms. The fraction of sp³-hybridized carbons (Fsp3) is 0.231. The quantitative estimate of drug-likeness (QED) is 0.457. The number of hydrogen-bond donors (Lipinski definition) is 3. The van der Waals surface area contributed by atoms with Crippen LogP contribution in [0.2, 0.25) is 5.02 Å². The molecule has 7 nitrogen and oxygen atoms in total. The van der Waals surface area contributed by atoms with Crippen LogP contribution in [0.5, 0.6) is 0 Å². The Kier molecular flexibility index (Phi) is 8.01. The van der Waals surface area contributed by atoms with E-state index in [2.05, 4.69) is 20.9 Å². The Morgan fingerprint density at radius 3 is 2.50 bits per heavy atom. The Bertz CT molecular complexity index is 1110. The average molecular weight is 479 g/mol. The summed E-state index contributed by atoms with van der Waals surface area (Å²) in [6.07, 6.45) is 0.473. The van der Waals surface area contributed by atoms with E-state index < -0.39 is 6.09 Å². The molecule has 4 rings (SSSR count). The number of ether oxygens (including phenoxy) is 1. The van der Waals surface area contributed by atoms with Gasteiger partial charge in [-0.15, -0.1) is 0 Å². The molecule has 3 aromatic carbocycles. The van der Waals surface area contributed by atoms with Crippen molar-refractivity contribution in [1.29, 1.82) is 0 Å². The molecule has 3 aromatic rings. The molecule has 1 heterocycles. The summed E-state index contributed by atoms with van der Waals surface area (Å²) < 4.78 is 5.24. The van der Waals surface area contributed by atoms with Gasteiger partial charge in [0.15, 0.2) is 0 Å². The summed E-state index contributed by atoms with van der Waals surface area (Å²) in [6, 6.07) is 21.8. The second-order valence-electron chi connectivity index (χ2n) is 8.01. The van der Waals surface area contributed by atoms with Gasteiger partial charge >= 0.3 is 6.09 Å². The molecular weight excluding hydrogens is 452 g/mol. The number of hydrogen-bond acceptors (Lipinski definition) is 5. The van der Waals surface area contributed by atoms with E-state index in [-0.39, 0.29) is 12.5 Å². The fourth-order valence-corrected chi connectivity index (χ4v) is 3.97. The molecule has 0 atom stereocenters. The molecule has 1 aliphatic heterocycles. The first-order valence-corrected chi connectivity index (χ1v) is 11.6. The number of nitrogens with one attached hydrogen (secondary N) is 3. The highest BCUT2D eigenvalue weighted by Crippen LogP contribution is 2.22. The third kappa shape index (κ3) is 6.73. The molecule has 176 valence electrons. The molecule has 8 heteroatoms. The Hall–Kier alpha value is -3.55. The summed E-state index contributed by atoms with van der Waals surface area (Å²) in [5, 5.41) is 9.23. The van der Waals surface area contributed by atoms with Crippen molar-refractivity contribution in [2.45, 2.75) is 13.0 Å². The highest BCUT2D eigenvalue weighted by atomic mass is 35.5. The summed E-state index contributed by atoms with van der Waals surface area (Å²) in [5.74, 6) is -0.324. The number of nitrogens with zero attached hydrogens (tertiary/aromatic N) is 1. The van der Waals surface area contributed by atoms with Gasteiger partial charge in [-0.1, -0.05) is 41.9 Å². The van der Waals surface area contributed by atoms with Crippen LogP contribution in [0.15, 0.2) is 72.8 Å². The first-order chi connectivity index (χ1) is 16.6. The highest BCUT2D eigenvalue weighted by Gasteiger charge is 2.13. The van der Waals surface area contributed by atoms with Crippen LogP contribution >= 0.6 is 11.6 Å². The van der Waals surface area contributed by atoms with E-state index in [1.807, 2.05) is 54.6 Å². The minimum absolute atomic E-state index is 0.143. The predicted octanol–water partition coefficient (Wildman–Crippen LogP) is 5.14. The van der Waals surface area contributed by atoms with Crippen molar-refractivity contribution in [3.8, 4) is 0 Å². The van der Waals surface area contributed by atoms with E-state index in [0.717, 1.165) is 43.9 Å². The minimum Gasteiger partial charge on any atom is -0.444 e. The summed E-state index contributed by atoms with van der Waals surface area (Å²) in [4.78, 5) is 27.3. The monoisotopic (exact) mass is 478 g/mol. The molecule has 0 bridgehead atoms. The number of carbonyl (C=O) groups excluding carboxylic acids is 2. The first kappa shape index (κ1) is 23.6. The second kappa shape index (κ2) is 11.5. The van der Waals surface area contributed by atoms with Crippen molar-refractivity contribution in [3.05, 3.63) is 88.9 Å². The standard InChI is InChI=1S/C26H27ClN4O3/c27-21-15-20(16-23(17-21)30-26(33)34-18-19-5-2-1-3-6-19)25(32)29-22-7-9-24(10-8-22)31-13-4-11-28-12-14-31/h1-3,5-10,15-17,28H,4,11-14,18H2,(H,29,32)(H,30,33). The molecular formula is C26H27ClN4O3. The fourth-order valence-electron chi connectivity index (χ4n) is 3.73. The summed E-state index contributed by atoms with van der Waals surface area (Å²) in [5.41, 5.74) is 3.39. The van der Waals surface area contributed by atoms with Crippen molar-refractivity contribution in [3.63, 3.8) is 0 Å². The van der Waals surface area contributed by atoms with Gasteiger partial charge in [0, 0.05) is 47.3 Å². The van der Waals surface area contributed by atoms with Gasteiger partial charge in [-0.3, -0.25) is 10.1 Å². The SMILES string of the molecule is O=C(Nc1cc(Cl)cc(C(=O)Nc2ccc(N3CCCNCC3)cc2)c1)OCc1ccccc1. The van der Waals surface area contributed by atoms with Gasteiger partial charge in [-0.2, -0.15) is 0 Å². The Morgan fingerprint density at radius 2 is 1.71 bits per heavy atom. The van der Waals surface area contributed by atoms with Crippen LogP contribution in [0, 0.1) is 0 Å². The number of rotatable bonds is 6. The normalized spacial score (nSPS) is 13.6. The van der Waals surface area contributed by atoms with Crippen LogP contribution < -0.4 is 20.9 Å². The van der Waals surface area contributed by atoms with Crippen LogP contribution in [0.4, 0.5) is 21.9 Å². The van der Waals surface area contributed by atoms with Crippen LogP contribution in [0.1, 0.15) is 22.3 Å². The topological polar surface area (TPSA) is 82.7 Å². The molecule has 0 unspecified atom stereocenters. The molecule has 0 aromatic heterocycles. The van der Waals surface area contributed by atoms with Crippen molar-refractivity contribution < 1.29 is 14.3 Å². The van der Waals surface area contributed by atoms with E-state index in [0.29, 0.717) is 22.0 Å². The minimum atomic E-state index is -0.628. The highest BCUT2D eigenvalue weighted by molar-refractivity contribution is 6.31. The van der Waals surface area contributed by atoms with Gasteiger partial charge in [0.05, 0.1) is 0 Å². The summed E-state index contributed by atoms with van der Waals surface area (Å²) >= 11 is 6.19. The van der Waals surface area contributed by atoms with Crippen molar-refractivity contribution >= 4 is 40.7 Å². The molecule has 0 radical (unpaired) electrons. The van der Waals surface area contributed by atoms with E-state index in [1.54, 1.807) is 18.2 Å². The number of anilines is 3. The van der Waals surface area contributed by atoms with E-state index in [9.17, 15) is 9.59 Å². The summed E-state index contributed by atoms with van der Waals surface area (Å²) in [7, 11) is 0. The first-order valence-electron chi connectivity index (χ1n) is 11.2. The van der Waals surface area contributed by atoms with E-state index in [1.165, 1.54) is 0 Å². The van der Waals surface area contributed by atoms with Crippen LogP contribution in [0.3, 0.4) is 0 Å². The zero-order valence-electron chi connectivity index (χ0n) is 18.7. The lowest BCUT2D eigenvalue weighted by Gasteiger charge is -2.22. The van der Waals surface area contributed by atoms with E-state index >= 15 is 0 Å². The van der Waals surface area contributed by atoms with Gasteiger partial charge in [0.2, 0.25) is 0 Å².